The van der Waals surface area contributed by atoms with Crippen molar-refractivity contribution in [2.45, 2.75) is 33.1 Å². The molecule has 1 heterocycles. The highest BCUT2D eigenvalue weighted by Gasteiger charge is 2.26. The Morgan fingerprint density at radius 3 is 2.53 bits per heavy atom. The second-order valence-corrected chi connectivity index (χ2v) is 6.16. The van der Waals surface area contributed by atoms with Gasteiger partial charge < -0.3 is 14.1 Å². The highest BCUT2D eigenvalue weighted by molar-refractivity contribution is 7.54. The average molecular weight is 262 g/mol. The Bertz CT molecular complexity index is 297. The van der Waals surface area contributed by atoms with Gasteiger partial charge in [-0.2, -0.15) is 5.10 Å². The molecule has 0 bridgehead atoms. The first kappa shape index (κ1) is 14.7. The van der Waals surface area contributed by atoms with Gasteiger partial charge in [0.2, 0.25) is 0 Å². The van der Waals surface area contributed by atoms with Gasteiger partial charge in [-0.15, -0.1) is 0 Å². The summed E-state index contributed by atoms with van der Waals surface area (Å²) >= 11 is 0. The summed E-state index contributed by atoms with van der Waals surface area (Å²) in [5.41, 5.74) is 0.926. The predicted octanol–water partition coefficient (Wildman–Crippen LogP) is 2.72. The van der Waals surface area contributed by atoms with Crippen LogP contribution in [0.4, 0.5) is 0 Å². The monoisotopic (exact) mass is 262 g/mol. The third kappa shape index (κ3) is 5.19. The summed E-state index contributed by atoms with van der Waals surface area (Å²) < 4.78 is 22.9. The van der Waals surface area contributed by atoms with Crippen molar-refractivity contribution in [2.24, 2.45) is 5.10 Å². The molecule has 6 heteroatoms. The van der Waals surface area contributed by atoms with Crippen molar-refractivity contribution >= 4 is 13.3 Å². The lowest BCUT2D eigenvalue weighted by Crippen LogP contribution is -2.15. The van der Waals surface area contributed by atoms with Crippen LogP contribution in [0.5, 0.6) is 0 Å². The summed E-state index contributed by atoms with van der Waals surface area (Å²) in [4.78, 5) is 0. The first-order valence-corrected chi connectivity index (χ1v) is 7.98. The molecule has 0 aromatic carbocycles. The zero-order valence-corrected chi connectivity index (χ0v) is 11.9. The molecule has 1 rings (SSSR count). The normalized spacial score (nSPS) is 17.8. The summed E-state index contributed by atoms with van der Waals surface area (Å²) in [5, 5.41) is 6.35. The molecule has 1 aliphatic heterocycles. The van der Waals surface area contributed by atoms with E-state index in [9.17, 15) is 4.57 Å². The lowest BCUT2D eigenvalue weighted by atomic mass is 10.2. The zero-order valence-electron chi connectivity index (χ0n) is 11.0. The van der Waals surface area contributed by atoms with Gasteiger partial charge in [0.25, 0.3) is 0 Å². The molecule has 0 radical (unpaired) electrons. The van der Waals surface area contributed by atoms with Gasteiger partial charge in [0.05, 0.1) is 25.1 Å². The second kappa shape index (κ2) is 7.14. The van der Waals surface area contributed by atoms with Crippen LogP contribution in [0.1, 0.15) is 33.1 Å². The molecule has 0 N–H and O–H groups in total. The van der Waals surface area contributed by atoms with Crippen molar-refractivity contribution < 1.29 is 13.6 Å². The summed E-state index contributed by atoms with van der Waals surface area (Å²) in [7, 11) is -1.05. The highest BCUT2D eigenvalue weighted by atomic mass is 31.2. The van der Waals surface area contributed by atoms with E-state index in [4.69, 9.17) is 9.05 Å². The number of nitrogens with zero attached hydrogens (tertiary/aromatic N) is 2. The molecule has 0 aromatic heterocycles. The van der Waals surface area contributed by atoms with Crippen LogP contribution in [0.3, 0.4) is 0 Å². The fourth-order valence-electron chi connectivity index (χ4n) is 1.87. The maximum absolute atomic E-state index is 12.4. The Hall–Kier alpha value is -0.380. The maximum Gasteiger partial charge on any atom is 0.336 e. The smallest absolute Gasteiger partial charge is 0.309 e. The van der Waals surface area contributed by atoms with Crippen molar-refractivity contribution in [1.29, 1.82) is 0 Å². The first-order chi connectivity index (χ1) is 8.09. The molecule has 100 valence electrons. The third-order valence-corrected chi connectivity index (χ3v) is 4.59. The predicted molar refractivity (Wildman–Crippen MR) is 69.6 cm³/mol. The van der Waals surface area contributed by atoms with E-state index in [0.717, 1.165) is 31.5 Å². The van der Waals surface area contributed by atoms with Gasteiger partial charge in [0.15, 0.2) is 0 Å². The summed E-state index contributed by atoms with van der Waals surface area (Å²) in [6.07, 6.45) is 3.41. The third-order valence-electron chi connectivity index (χ3n) is 2.54. The van der Waals surface area contributed by atoms with Crippen molar-refractivity contribution in [2.75, 3.05) is 33.0 Å². The van der Waals surface area contributed by atoms with Crippen LogP contribution in [0.25, 0.3) is 0 Å². The Morgan fingerprint density at radius 2 is 1.94 bits per heavy atom. The van der Waals surface area contributed by atoms with Crippen LogP contribution in [-0.4, -0.2) is 43.7 Å². The topological polar surface area (TPSA) is 51.1 Å². The van der Waals surface area contributed by atoms with Crippen LogP contribution >= 0.6 is 7.60 Å². The van der Waals surface area contributed by atoms with Crippen molar-refractivity contribution in [3.8, 4) is 0 Å². The second-order valence-electron chi connectivity index (χ2n) is 4.11. The molecule has 0 aromatic rings. The molecule has 0 saturated heterocycles. The maximum atomic E-state index is 12.4. The first-order valence-electron chi connectivity index (χ1n) is 6.25. The van der Waals surface area contributed by atoms with Gasteiger partial charge in [-0.3, -0.25) is 4.57 Å². The minimum Gasteiger partial charge on any atom is -0.309 e. The Balaban J connectivity index is 2.68. The van der Waals surface area contributed by atoms with Gasteiger partial charge in [0, 0.05) is 13.6 Å². The Morgan fingerprint density at radius 1 is 1.29 bits per heavy atom. The molecule has 0 aliphatic carbocycles. The van der Waals surface area contributed by atoms with E-state index in [1.807, 2.05) is 25.9 Å². The van der Waals surface area contributed by atoms with Crippen LogP contribution in [0.15, 0.2) is 5.10 Å². The van der Waals surface area contributed by atoms with E-state index >= 15 is 0 Å². The number of hydrogen-bond acceptors (Lipinski definition) is 5. The molecule has 5 nitrogen and oxygen atoms in total. The number of rotatable bonds is 6. The molecular weight excluding hydrogens is 239 g/mol. The fourth-order valence-corrected chi connectivity index (χ4v) is 3.58. The summed E-state index contributed by atoms with van der Waals surface area (Å²) in [6.45, 7) is 5.41. The van der Waals surface area contributed by atoms with Crippen LogP contribution < -0.4 is 0 Å². The SMILES string of the molecule is CCOP(=O)(CC1=NN(C)CCCC1)OCC. The minimum atomic E-state index is -2.99. The zero-order chi connectivity index (χ0) is 12.7. The van der Waals surface area contributed by atoms with Crippen LogP contribution in [0.2, 0.25) is 0 Å². The molecule has 0 atom stereocenters. The Kier molecular flexibility index (Phi) is 6.17. The standard InChI is InChI=1S/C11H23N2O3P/c1-4-15-17(14,16-5-2)10-11-8-6-7-9-13(3)12-11/h4-10H2,1-3H3. The fraction of sp³-hybridized carbons (Fsp3) is 0.909. The highest BCUT2D eigenvalue weighted by Crippen LogP contribution is 2.48. The summed E-state index contributed by atoms with van der Waals surface area (Å²) in [6, 6.07) is 0. The van der Waals surface area contributed by atoms with E-state index in [1.54, 1.807) is 0 Å². The molecule has 0 fully saturated rings. The number of hydrogen-bond donors (Lipinski definition) is 0. The molecule has 17 heavy (non-hydrogen) atoms. The van der Waals surface area contributed by atoms with Crippen molar-refractivity contribution in [3.63, 3.8) is 0 Å². The van der Waals surface area contributed by atoms with Crippen LogP contribution in [-0.2, 0) is 13.6 Å². The number of hydrazone groups is 1. The van der Waals surface area contributed by atoms with Crippen molar-refractivity contribution in [1.82, 2.24) is 5.01 Å². The lowest BCUT2D eigenvalue weighted by molar-refractivity contribution is 0.223. The van der Waals surface area contributed by atoms with Crippen LogP contribution in [0, 0.1) is 0 Å². The van der Waals surface area contributed by atoms with Gasteiger partial charge in [0.1, 0.15) is 0 Å². The van der Waals surface area contributed by atoms with Gasteiger partial charge in [-0.25, -0.2) is 0 Å². The van der Waals surface area contributed by atoms with E-state index in [-0.39, 0.29) is 0 Å². The molecule has 0 amide bonds. The summed E-state index contributed by atoms with van der Waals surface area (Å²) in [5.74, 6) is 0. The molecule has 0 saturated carbocycles. The van der Waals surface area contributed by atoms with E-state index in [1.165, 1.54) is 0 Å². The minimum absolute atomic E-state index is 0.318. The van der Waals surface area contributed by atoms with E-state index < -0.39 is 7.60 Å². The van der Waals surface area contributed by atoms with Gasteiger partial charge >= 0.3 is 7.60 Å². The lowest BCUT2D eigenvalue weighted by Gasteiger charge is -2.18. The largest absolute Gasteiger partial charge is 0.336 e. The molecule has 0 spiro atoms. The Labute approximate surface area is 104 Å². The quantitative estimate of drug-likeness (QED) is 0.691. The van der Waals surface area contributed by atoms with E-state index in [0.29, 0.717) is 19.4 Å². The van der Waals surface area contributed by atoms with Crippen molar-refractivity contribution in [3.05, 3.63) is 0 Å². The van der Waals surface area contributed by atoms with Gasteiger partial charge in [-0.1, -0.05) is 0 Å². The molecular formula is C11H23N2O3P. The molecule has 0 unspecified atom stereocenters. The van der Waals surface area contributed by atoms with Gasteiger partial charge in [-0.05, 0) is 33.1 Å². The molecule has 1 aliphatic rings. The van der Waals surface area contributed by atoms with E-state index in [2.05, 4.69) is 5.10 Å². The average Bonchev–Trinajstić information content (AvgIpc) is 2.43.